The molecule has 70 heavy (non-hydrogen) atoms. The number of amides is 1. The van der Waals surface area contributed by atoms with E-state index in [0.717, 1.165) is 64.2 Å². The highest BCUT2D eigenvalue weighted by molar-refractivity contribution is 7.47. The molecular weight excluding hydrogens is 910 g/mol. The van der Waals surface area contributed by atoms with Crippen LogP contribution in [0.5, 0.6) is 0 Å². The minimum absolute atomic E-state index is 0.220. The highest BCUT2D eigenvalue weighted by Gasteiger charge is 2.51. The molecule has 1 amide bonds. The van der Waals surface area contributed by atoms with Crippen LogP contribution in [0.15, 0.2) is 24.3 Å². The first kappa shape index (κ1) is 66.8. The average molecular weight is 1020 g/mol. The summed E-state index contributed by atoms with van der Waals surface area (Å²) in [6, 6.07) is -1.15. The zero-order valence-electron chi connectivity index (χ0n) is 44.4. The fourth-order valence-electron chi connectivity index (χ4n) is 9.46. The number of phosphoric acid groups is 1. The monoisotopic (exact) mass is 1020 g/mol. The van der Waals surface area contributed by atoms with Gasteiger partial charge in [0.2, 0.25) is 5.91 Å². The van der Waals surface area contributed by atoms with Crippen molar-refractivity contribution in [1.29, 1.82) is 0 Å². The lowest BCUT2D eigenvalue weighted by Crippen LogP contribution is -2.64. The number of aliphatic hydroxyl groups excluding tert-OH is 7. The minimum atomic E-state index is -5.12. The van der Waals surface area contributed by atoms with Crippen LogP contribution in [0.4, 0.5) is 0 Å². The number of hydrogen-bond acceptors (Lipinski definition) is 11. The van der Waals surface area contributed by atoms with E-state index in [1.807, 2.05) is 0 Å². The number of rotatable bonds is 49. The van der Waals surface area contributed by atoms with Crippen LogP contribution in [0.25, 0.3) is 0 Å². The Hall–Kier alpha value is -1.22. The van der Waals surface area contributed by atoms with Gasteiger partial charge in [0.05, 0.1) is 31.3 Å². The Morgan fingerprint density at radius 2 is 0.886 bits per heavy atom. The topological polar surface area (TPSA) is 226 Å². The molecule has 0 aliphatic heterocycles. The molecule has 1 aliphatic carbocycles. The summed E-state index contributed by atoms with van der Waals surface area (Å²) in [6.07, 6.45) is 39.3. The molecule has 13 nitrogen and oxygen atoms in total. The first-order valence-corrected chi connectivity index (χ1v) is 30.4. The summed E-state index contributed by atoms with van der Waals surface area (Å²) in [7, 11) is -5.12. The van der Waals surface area contributed by atoms with E-state index in [4.69, 9.17) is 9.05 Å². The summed E-state index contributed by atoms with van der Waals surface area (Å²) in [4.78, 5) is 23.6. The van der Waals surface area contributed by atoms with Crippen LogP contribution in [0, 0.1) is 0 Å². The number of allylic oxidation sites excluding steroid dienone is 4. The van der Waals surface area contributed by atoms with E-state index in [0.29, 0.717) is 12.8 Å². The number of carbonyl (C=O) groups excluding carboxylic acids is 1. The summed E-state index contributed by atoms with van der Waals surface area (Å²) in [5.74, 6) is -0.557. The van der Waals surface area contributed by atoms with Crippen molar-refractivity contribution in [1.82, 2.24) is 5.32 Å². The number of aliphatic hydroxyl groups is 7. The summed E-state index contributed by atoms with van der Waals surface area (Å²) < 4.78 is 23.1. The van der Waals surface area contributed by atoms with Gasteiger partial charge in [0.1, 0.15) is 36.6 Å². The van der Waals surface area contributed by atoms with Gasteiger partial charge in [0.25, 0.3) is 0 Å². The number of nitrogens with one attached hydrogen (secondary N) is 1. The highest BCUT2D eigenvalue weighted by atomic mass is 31.2. The fourth-order valence-corrected chi connectivity index (χ4v) is 10.4. The van der Waals surface area contributed by atoms with Crippen LogP contribution in [0.3, 0.4) is 0 Å². The minimum Gasteiger partial charge on any atom is -0.393 e. The number of unbranched alkanes of at least 4 members (excludes halogenated alkanes) is 32. The molecule has 1 aliphatic rings. The van der Waals surface area contributed by atoms with Gasteiger partial charge in [-0.2, -0.15) is 0 Å². The quantitative estimate of drug-likeness (QED) is 0.0158. The first-order valence-electron chi connectivity index (χ1n) is 28.9. The smallest absolute Gasteiger partial charge is 0.393 e. The molecule has 0 saturated heterocycles. The van der Waals surface area contributed by atoms with Gasteiger partial charge in [-0.1, -0.05) is 244 Å². The Kier molecular flexibility index (Phi) is 43.1. The lowest BCUT2D eigenvalue weighted by Gasteiger charge is -2.41. The standard InChI is InChI=1S/C56H108NO12P/c1-3-5-7-9-11-13-15-17-19-21-23-24-26-28-30-32-34-36-38-40-42-44-49(59)48(46-68-70(66,67)69-56-54(64)52(62)51(61)53(63)55(56)65)57-50(60)45-47(58)43-41-39-37-35-33-31-29-27-25-22-20-18-16-14-12-10-8-6-4-2/h6,8,12,14,47-49,51-56,58-59,61-65H,3-5,7,9-11,13,15-46H2,1-2H3,(H,57,60)(H,66,67)/b8-6-,14-12-. The molecule has 1 rings (SSSR count). The van der Waals surface area contributed by atoms with Gasteiger partial charge in [0, 0.05) is 0 Å². The van der Waals surface area contributed by atoms with Crippen molar-refractivity contribution >= 4 is 13.7 Å². The van der Waals surface area contributed by atoms with E-state index in [1.165, 1.54) is 161 Å². The third kappa shape index (κ3) is 35.8. The van der Waals surface area contributed by atoms with E-state index >= 15 is 0 Å². The zero-order valence-corrected chi connectivity index (χ0v) is 45.3. The Morgan fingerprint density at radius 3 is 1.31 bits per heavy atom. The van der Waals surface area contributed by atoms with Crippen molar-refractivity contribution in [2.75, 3.05) is 6.61 Å². The summed E-state index contributed by atoms with van der Waals surface area (Å²) >= 11 is 0. The third-order valence-corrected chi connectivity index (χ3v) is 15.1. The molecule has 0 aromatic carbocycles. The Bertz CT molecular complexity index is 1290. The molecule has 14 heteroatoms. The van der Waals surface area contributed by atoms with Gasteiger partial charge in [0.15, 0.2) is 0 Å². The Labute approximate surface area is 426 Å². The summed E-state index contributed by atoms with van der Waals surface area (Å²) in [5, 5.41) is 75.1. The molecule has 0 heterocycles. The average Bonchev–Trinajstić information content (AvgIpc) is 3.34. The van der Waals surface area contributed by atoms with Crippen molar-refractivity contribution in [3.8, 4) is 0 Å². The van der Waals surface area contributed by atoms with Crippen LogP contribution in [-0.4, -0.2) is 108 Å². The van der Waals surface area contributed by atoms with Crippen LogP contribution in [0.2, 0.25) is 0 Å². The maximum Gasteiger partial charge on any atom is 0.472 e. The molecule has 8 unspecified atom stereocenters. The molecular formula is C56H108NO12P. The van der Waals surface area contributed by atoms with E-state index in [9.17, 15) is 50.0 Å². The second kappa shape index (κ2) is 45.2. The van der Waals surface area contributed by atoms with E-state index in [2.05, 4.69) is 43.5 Å². The van der Waals surface area contributed by atoms with Gasteiger partial charge in [-0.05, 0) is 38.5 Å². The summed E-state index contributed by atoms with van der Waals surface area (Å²) in [6.45, 7) is 3.74. The summed E-state index contributed by atoms with van der Waals surface area (Å²) in [5.41, 5.74) is 0. The number of hydrogen-bond donors (Lipinski definition) is 9. The number of carbonyl (C=O) groups is 1. The molecule has 8 atom stereocenters. The van der Waals surface area contributed by atoms with Crippen LogP contribution in [-0.2, 0) is 18.4 Å². The zero-order chi connectivity index (χ0) is 51.5. The number of phosphoric ester groups is 1. The van der Waals surface area contributed by atoms with Gasteiger partial charge in [-0.3, -0.25) is 13.8 Å². The van der Waals surface area contributed by atoms with Crippen LogP contribution >= 0.6 is 7.82 Å². The Balaban J connectivity index is 2.39. The third-order valence-electron chi connectivity index (χ3n) is 14.1. The fraction of sp³-hybridized carbons (Fsp3) is 0.911. The second-order valence-electron chi connectivity index (χ2n) is 20.7. The molecule has 1 saturated carbocycles. The molecule has 0 bridgehead atoms. The van der Waals surface area contributed by atoms with Gasteiger partial charge in [-0.25, -0.2) is 4.57 Å². The van der Waals surface area contributed by atoms with E-state index in [1.54, 1.807) is 0 Å². The Morgan fingerprint density at radius 1 is 0.514 bits per heavy atom. The maximum absolute atomic E-state index is 13.1. The van der Waals surface area contributed by atoms with Crippen LogP contribution < -0.4 is 5.32 Å². The molecule has 414 valence electrons. The predicted molar refractivity (Wildman–Crippen MR) is 284 cm³/mol. The van der Waals surface area contributed by atoms with Crippen molar-refractivity contribution in [2.24, 2.45) is 0 Å². The van der Waals surface area contributed by atoms with E-state index in [-0.39, 0.29) is 12.8 Å². The second-order valence-corrected chi connectivity index (χ2v) is 22.1. The van der Waals surface area contributed by atoms with Crippen molar-refractivity contribution < 1.29 is 59.0 Å². The van der Waals surface area contributed by atoms with Crippen LogP contribution in [0.1, 0.15) is 264 Å². The lowest BCUT2D eigenvalue weighted by atomic mass is 9.85. The highest BCUT2D eigenvalue weighted by Crippen LogP contribution is 2.47. The van der Waals surface area contributed by atoms with Crippen molar-refractivity contribution in [3.63, 3.8) is 0 Å². The molecule has 9 N–H and O–H groups in total. The predicted octanol–water partition coefficient (Wildman–Crippen LogP) is 11.9. The normalized spacial score (nSPS) is 21.9. The van der Waals surface area contributed by atoms with Gasteiger partial charge < -0.3 is 46.0 Å². The molecule has 0 aromatic heterocycles. The molecule has 0 aromatic rings. The molecule has 1 fully saturated rings. The molecule has 0 spiro atoms. The molecule has 0 radical (unpaired) electrons. The van der Waals surface area contributed by atoms with Crippen molar-refractivity contribution in [2.45, 2.75) is 319 Å². The first-order chi connectivity index (χ1) is 33.8. The maximum atomic E-state index is 13.1. The van der Waals surface area contributed by atoms with E-state index < -0.39 is 75.2 Å². The van der Waals surface area contributed by atoms with Gasteiger partial charge in [-0.15, -0.1) is 0 Å². The lowest BCUT2D eigenvalue weighted by molar-refractivity contribution is -0.220. The van der Waals surface area contributed by atoms with Crippen molar-refractivity contribution in [3.05, 3.63) is 24.3 Å². The van der Waals surface area contributed by atoms with Gasteiger partial charge >= 0.3 is 7.82 Å². The SMILES string of the molecule is CC/C=C\C/C=C\CCCCCCCCCCCCCCC(O)CC(=O)NC(COP(=O)(O)OC1C(O)C(O)C(O)C(O)C1O)C(O)CCCCCCCCCCCCCCCCCCCCCCC. The largest absolute Gasteiger partial charge is 0.472 e.